The number of aromatic nitrogens is 3. The molecule has 0 saturated heterocycles. The fraction of sp³-hybridized carbons (Fsp3) is 0. The van der Waals surface area contributed by atoms with Gasteiger partial charge < -0.3 is 4.40 Å². The number of para-hydroxylation sites is 2. The third-order valence-corrected chi connectivity index (χ3v) is 5.53. The highest BCUT2D eigenvalue weighted by molar-refractivity contribution is 6.13. The third-order valence-electron chi connectivity index (χ3n) is 5.53. The molecule has 3 aromatic heterocycles. The van der Waals surface area contributed by atoms with Crippen LogP contribution in [-0.4, -0.2) is 19.6 Å². The molecule has 0 unspecified atom stereocenters. The fourth-order valence-electron chi connectivity index (χ4n) is 4.21. The van der Waals surface area contributed by atoms with Crippen LogP contribution in [0.2, 0.25) is 0 Å². The summed E-state index contributed by atoms with van der Waals surface area (Å²) in [5, 5.41) is 0. The molecule has 4 nitrogen and oxygen atoms in total. The van der Waals surface area contributed by atoms with Crippen molar-refractivity contribution < 1.29 is 4.79 Å². The SMILES string of the molecule is O=C(c1ccccc1)c1c(-c2ccccc2)n2c3ccccc3nc2c2cccn12. The molecule has 0 aliphatic heterocycles. The topological polar surface area (TPSA) is 38.8 Å². The van der Waals surface area contributed by atoms with Gasteiger partial charge in [0.05, 0.1) is 22.2 Å². The van der Waals surface area contributed by atoms with Gasteiger partial charge in [-0.3, -0.25) is 9.20 Å². The van der Waals surface area contributed by atoms with Crippen LogP contribution in [0.15, 0.2) is 103 Å². The van der Waals surface area contributed by atoms with Crippen LogP contribution in [0.25, 0.3) is 33.5 Å². The molecule has 0 aliphatic carbocycles. The van der Waals surface area contributed by atoms with E-state index in [0.717, 1.165) is 33.5 Å². The Hall–Kier alpha value is -4.18. The monoisotopic (exact) mass is 387 g/mol. The van der Waals surface area contributed by atoms with Gasteiger partial charge in [0.25, 0.3) is 0 Å². The molecule has 0 aliphatic rings. The summed E-state index contributed by atoms with van der Waals surface area (Å²) in [5.41, 5.74) is 6.74. The van der Waals surface area contributed by atoms with Gasteiger partial charge in [-0.05, 0) is 24.3 Å². The Kier molecular flexibility index (Phi) is 3.59. The molecule has 0 bridgehead atoms. The average molecular weight is 387 g/mol. The van der Waals surface area contributed by atoms with Gasteiger partial charge in [-0.15, -0.1) is 0 Å². The molecule has 4 heteroatoms. The number of benzene rings is 3. The van der Waals surface area contributed by atoms with Crippen molar-refractivity contribution in [3.05, 3.63) is 115 Å². The van der Waals surface area contributed by atoms with Gasteiger partial charge >= 0.3 is 0 Å². The lowest BCUT2D eigenvalue weighted by Gasteiger charge is -2.16. The number of hydrogen-bond acceptors (Lipinski definition) is 2. The first-order valence-corrected chi connectivity index (χ1v) is 9.88. The molecule has 3 aromatic carbocycles. The van der Waals surface area contributed by atoms with E-state index >= 15 is 0 Å². The number of nitrogens with zero attached hydrogens (tertiary/aromatic N) is 3. The Labute approximate surface area is 172 Å². The summed E-state index contributed by atoms with van der Waals surface area (Å²) in [7, 11) is 0. The lowest BCUT2D eigenvalue weighted by molar-refractivity contribution is 0.103. The lowest BCUT2D eigenvalue weighted by atomic mass is 10.0. The van der Waals surface area contributed by atoms with Crippen LogP contribution in [0.4, 0.5) is 0 Å². The Morgan fingerprint density at radius 1 is 0.700 bits per heavy atom. The number of carbonyl (C=O) groups excluding carboxylic acids is 1. The van der Waals surface area contributed by atoms with Gasteiger partial charge in [-0.1, -0.05) is 72.8 Å². The van der Waals surface area contributed by atoms with Gasteiger partial charge in [0.1, 0.15) is 5.69 Å². The first-order valence-electron chi connectivity index (χ1n) is 9.88. The molecule has 3 heterocycles. The van der Waals surface area contributed by atoms with Crippen molar-refractivity contribution in [3.63, 3.8) is 0 Å². The van der Waals surface area contributed by atoms with Crippen molar-refractivity contribution in [3.8, 4) is 11.3 Å². The van der Waals surface area contributed by atoms with Crippen LogP contribution in [0.1, 0.15) is 16.1 Å². The van der Waals surface area contributed by atoms with E-state index in [9.17, 15) is 4.79 Å². The summed E-state index contributed by atoms with van der Waals surface area (Å²) >= 11 is 0. The highest BCUT2D eigenvalue weighted by atomic mass is 16.1. The first-order chi connectivity index (χ1) is 14.8. The smallest absolute Gasteiger partial charge is 0.211 e. The fourth-order valence-corrected chi connectivity index (χ4v) is 4.21. The van der Waals surface area contributed by atoms with Crippen molar-refractivity contribution >= 4 is 28.0 Å². The minimum absolute atomic E-state index is 0.0182. The number of carbonyl (C=O) groups is 1. The zero-order chi connectivity index (χ0) is 20.1. The average Bonchev–Trinajstić information content (AvgIpc) is 3.44. The van der Waals surface area contributed by atoms with Crippen LogP contribution in [0.3, 0.4) is 0 Å². The molecular weight excluding hydrogens is 370 g/mol. The third kappa shape index (κ3) is 2.34. The summed E-state index contributed by atoms with van der Waals surface area (Å²) in [4.78, 5) is 18.7. The number of ketones is 1. The second-order valence-corrected chi connectivity index (χ2v) is 7.28. The van der Waals surface area contributed by atoms with Gasteiger partial charge in [0.15, 0.2) is 5.65 Å². The number of fused-ring (bicyclic) bond motifs is 5. The lowest BCUT2D eigenvalue weighted by Crippen LogP contribution is -2.13. The molecule has 142 valence electrons. The predicted molar refractivity (Wildman–Crippen MR) is 119 cm³/mol. The molecule has 0 amide bonds. The van der Waals surface area contributed by atoms with E-state index in [1.54, 1.807) is 0 Å². The van der Waals surface area contributed by atoms with Crippen molar-refractivity contribution in [2.75, 3.05) is 0 Å². The summed E-state index contributed by atoms with van der Waals surface area (Å²) in [5.74, 6) is -0.0182. The van der Waals surface area contributed by atoms with Crippen molar-refractivity contribution in [1.82, 2.24) is 13.8 Å². The molecule has 0 N–H and O–H groups in total. The molecule has 0 fully saturated rings. The molecule has 6 rings (SSSR count). The van der Waals surface area contributed by atoms with Crippen LogP contribution >= 0.6 is 0 Å². The maximum Gasteiger partial charge on any atom is 0.211 e. The summed E-state index contributed by atoms with van der Waals surface area (Å²) < 4.78 is 4.09. The normalized spacial score (nSPS) is 11.5. The van der Waals surface area contributed by atoms with Crippen LogP contribution in [0.5, 0.6) is 0 Å². The highest BCUT2D eigenvalue weighted by Crippen LogP contribution is 2.33. The van der Waals surface area contributed by atoms with Gasteiger partial charge in [-0.2, -0.15) is 0 Å². The molecular formula is C26H17N3O. The zero-order valence-corrected chi connectivity index (χ0v) is 16.1. The van der Waals surface area contributed by atoms with E-state index in [0.29, 0.717) is 11.3 Å². The standard InChI is InChI=1S/C26H17N3O/c30-25(19-12-5-2-6-13-19)24-23(18-10-3-1-4-11-18)29-21-15-8-7-14-20(21)27-26(29)22-16-9-17-28(22)24/h1-17H. The van der Waals surface area contributed by atoms with Crippen molar-refractivity contribution in [2.24, 2.45) is 0 Å². The molecule has 0 saturated carbocycles. The highest BCUT2D eigenvalue weighted by Gasteiger charge is 2.24. The van der Waals surface area contributed by atoms with Gasteiger partial charge in [0.2, 0.25) is 5.78 Å². The predicted octanol–water partition coefficient (Wildman–Crippen LogP) is 5.64. The largest absolute Gasteiger partial charge is 0.308 e. The number of hydrogen-bond donors (Lipinski definition) is 0. The minimum atomic E-state index is -0.0182. The van der Waals surface area contributed by atoms with E-state index in [4.69, 9.17) is 4.98 Å². The maximum absolute atomic E-state index is 13.8. The molecule has 30 heavy (non-hydrogen) atoms. The van der Waals surface area contributed by atoms with E-state index in [2.05, 4.69) is 10.5 Å². The number of rotatable bonds is 3. The summed E-state index contributed by atoms with van der Waals surface area (Å²) in [6.07, 6.45) is 1.94. The Balaban J connectivity index is 1.85. The molecule has 0 spiro atoms. The van der Waals surface area contributed by atoms with Gasteiger partial charge in [0, 0.05) is 17.3 Å². The van der Waals surface area contributed by atoms with Crippen LogP contribution in [0, 0.1) is 0 Å². The van der Waals surface area contributed by atoms with E-state index < -0.39 is 0 Å². The Morgan fingerprint density at radius 2 is 1.37 bits per heavy atom. The summed E-state index contributed by atoms with van der Waals surface area (Å²) in [6.45, 7) is 0. The Bertz CT molecular complexity index is 1540. The second-order valence-electron chi connectivity index (χ2n) is 7.28. The molecule has 0 radical (unpaired) electrons. The second kappa shape index (κ2) is 6.42. The van der Waals surface area contributed by atoms with E-state index in [1.165, 1.54) is 0 Å². The molecule has 0 atom stereocenters. The zero-order valence-electron chi connectivity index (χ0n) is 16.1. The first kappa shape index (κ1) is 16.7. The van der Waals surface area contributed by atoms with Crippen molar-refractivity contribution in [1.29, 1.82) is 0 Å². The van der Waals surface area contributed by atoms with Gasteiger partial charge in [-0.25, -0.2) is 4.98 Å². The maximum atomic E-state index is 13.8. The quantitative estimate of drug-likeness (QED) is 0.369. The summed E-state index contributed by atoms with van der Waals surface area (Å²) in [6, 6.07) is 31.5. The van der Waals surface area contributed by atoms with E-state index in [-0.39, 0.29) is 5.78 Å². The van der Waals surface area contributed by atoms with Crippen LogP contribution < -0.4 is 0 Å². The number of imidazole rings is 1. The molecule has 6 aromatic rings. The van der Waals surface area contributed by atoms with E-state index in [1.807, 2.05) is 102 Å². The minimum Gasteiger partial charge on any atom is -0.308 e. The van der Waals surface area contributed by atoms with Crippen molar-refractivity contribution in [2.45, 2.75) is 0 Å². The Morgan fingerprint density at radius 3 is 2.17 bits per heavy atom. The van der Waals surface area contributed by atoms with Crippen LogP contribution in [-0.2, 0) is 0 Å².